The molecule has 1 aromatic heterocycles. The van der Waals surface area contributed by atoms with Crippen LogP contribution in [0.4, 0.5) is 5.69 Å². The van der Waals surface area contributed by atoms with Crippen LogP contribution in [0.25, 0.3) is 11.3 Å². The smallest absolute Gasteiger partial charge is 0.278 e. The molecule has 0 bridgehead atoms. The van der Waals surface area contributed by atoms with Gasteiger partial charge in [0.2, 0.25) is 0 Å². The number of para-hydroxylation sites is 1. The molecule has 0 fully saturated rings. The van der Waals surface area contributed by atoms with Crippen LogP contribution in [0.1, 0.15) is 5.76 Å². The van der Waals surface area contributed by atoms with E-state index in [4.69, 9.17) is 4.52 Å². The highest BCUT2D eigenvalue weighted by Gasteiger charge is 2.17. The quantitative estimate of drug-likeness (QED) is 0.493. The van der Waals surface area contributed by atoms with E-state index in [2.05, 4.69) is 21.1 Å². The first-order chi connectivity index (χ1) is 8.22. The first-order valence-electron chi connectivity index (χ1n) is 4.97. The highest BCUT2D eigenvalue weighted by Crippen LogP contribution is 2.28. The molecule has 0 aliphatic rings. The molecule has 2 aromatic rings. The SMILES string of the molecule is O=[N+]([O-])c1ccccc1-c1cc(CCBr)on1. The van der Waals surface area contributed by atoms with Gasteiger partial charge in [-0.2, -0.15) is 0 Å². The number of aryl methyl sites for hydroxylation is 1. The van der Waals surface area contributed by atoms with Gasteiger partial charge < -0.3 is 4.52 Å². The van der Waals surface area contributed by atoms with Crippen molar-refractivity contribution in [1.82, 2.24) is 5.16 Å². The molecule has 0 atom stereocenters. The standard InChI is InChI=1S/C11H9BrN2O3/c12-6-5-8-7-10(13-17-8)9-3-1-2-4-11(9)14(15)16/h1-4,7H,5-6H2. The van der Waals surface area contributed by atoms with Gasteiger partial charge in [0, 0.05) is 23.9 Å². The highest BCUT2D eigenvalue weighted by atomic mass is 79.9. The van der Waals surface area contributed by atoms with Crippen molar-refractivity contribution in [3.8, 4) is 11.3 Å². The fourth-order valence-electron chi connectivity index (χ4n) is 1.50. The van der Waals surface area contributed by atoms with Crippen molar-refractivity contribution in [3.05, 3.63) is 46.2 Å². The molecule has 0 spiro atoms. The maximum absolute atomic E-state index is 10.9. The van der Waals surface area contributed by atoms with Crippen LogP contribution in [0.3, 0.4) is 0 Å². The molecule has 1 aromatic carbocycles. The minimum absolute atomic E-state index is 0.0335. The van der Waals surface area contributed by atoms with Gasteiger partial charge in [-0.1, -0.05) is 33.2 Å². The van der Waals surface area contributed by atoms with E-state index < -0.39 is 4.92 Å². The van der Waals surface area contributed by atoms with E-state index in [-0.39, 0.29) is 5.69 Å². The Labute approximate surface area is 106 Å². The fraction of sp³-hybridized carbons (Fsp3) is 0.182. The van der Waals surface area contributed by atoms with Gasteiger partial charge in [0.15, 0.2) is 0 Å². The van der Waals surface area contributed by atoms with Crippen LogP contribution in [-0.4, -0.2) is 15.4 Å². The zero-order valence-corrected chi connectivity index (χ0v) is 10.4. The van der Waals surface area contributed by atoms with Gasteiger partial charge >= 0.3 is 0 Å². The molecule has 5 nitrogen and oxygen atoms in total. The molecule has 0 radical (unpaired) electrons. The van der Waals surface area contributed by atoms with E-state index in [9.17, 15) is 10.1 Å². The Bertz CT molecular complexity index is 539. The first-order valence-corrected chi connectivity index (χ1v) is 6.10. The summed E-state index contributed by atoms with van der Waals surface area (Å²) in [7, 11) is 0. The predicted molar refractivity (Wildman–Crippen MR) is 66.1 cm³/mol. The molecule has 6 heteroatoms. The van der Waals surface area contributed by atoms with E-state index in [1.165, 1.54) is 6.07 Å². The summed E-state index contributed by atoms with van der Waals surface area (Å²) in [6.45, 7) is 0. The second-order valence-electron chi connectivity index (χ2n) is 3.39. The summed E-state index contributed by atoms with van der Waals surface area (Å²) < 4.78 is 5.09. The number of nitrogens with zero attached hydrogens (tertiary/aromatic N) is 2. The van der Waals surface area contributed by atoms with Gasteiger partial charge in [-0.3, -0.25) is 10.1 Å². The Morgan fingerprint density at radius 2 is 2.18 bits per heavy atom. The summed E-state index contributed by atoms with van der Waals surface area (Å²) in [4.78, 5) is 10.4. The van der Waals surface area contributed by atoms with Gasteiger partial charge in [0.25, 0.3) is 5.69 Å². The van der Waals surface area contributed by atoms with Crippen molar-refractivity contribution in [2.75, 3.05) is 5.33 Å². The Kier molecular flexibility index (Phi) is 3.53. The Morgan fingerprint density at radius 3 is 2.88 bits per heavy atom. The number of rotatable bonds is 4. The third-order valence-corrected chi connectivity index (χ3v) is 2.67. The molecule has 0 N–H and O–H groups in total. The number of nitro groups is 1. The van der Waals surface area contributed by atoms with Crippen LogP contribution < -0.4 is 0 Å². The molecule has 88 valence electrons. The highest BCUT2D eigenvalue weighted by molar-refractivity contribution is 9.09. The molecule has 0 saturated carbocycles. The third-order valence-electron chi connectivity index (χ3n) is 2.28. The number of nitro benzene ring substituents is 1. The third kappa shape index (κ3) is 2.52. The fourth-order valence-corrected chi connectivity index (χ4v) is 1.89. The predicted octanol–water partition coefficient (Wildman–Crippen LogP) is 3.19. The molecule has 0 amide bonds. The summed E-state index contributed by atoms with van der Waals surface area (Å²) in [5.41, 5.74) is 1.00. The van der Waals surface area contributed by atoms with Gasteiger partial charge in [-0.25, -0.2) is 0 Å². The van der Waals surface area contributed by atoms with E-state index in [0.29, 0.717) is 23.4 Å². The van der Waals surface area contributed by atoms with Gasteiger partial charge in [-0.15, -0.1) is 0 Å². The van der Waals surface area contributed by atoms with Crippen molar-refractivity contribution in [1.29, 1.82) is 0 Å². The second kappa shape index (κ2) is 5.09. The van der Waals surface area contributed by atoms with Gasteiger partial charge in [-0.05, 0) is 6.07 Å². The number of hydrogen-bond acceptors (Lipinski definition) is 4. The molecule has 17 heavy (non-hydrogen) atoms. The number of alkyl halides is 1. The van der Waals surface area contributed by atoms with Crippen LogP contribution in [-0.2, 0) is 6.42 Å². The van der Waals surface area contributed by atoms with Gasteiger partial charge in [0.1, 0.15) is 11.5 Å². The summed E-state index contributed by atoms with van der Waals surface area (Å²) in [6, 6.07) is 8.20. The first kappa shape index (κ1) is 11.8. The van der Waals surface area contributed by atoms with E-state index in [1.54, 1.807) is 24.3 Å². The molecular formula is C11H9BrN2O3. The molecule has 2 rings (SSSR count). The monoisotopic (exact) mass is 296 g/mol. The maximum atomic E-state index is 10.9. The Morgan fingerprint density at radius 1 is 1.41 bits per heavy atom. The van der Waals surface area contributed by atoms with Gasteiger partial charge in [0.05, 0.1) is 10.5 Å². The normalized spacial score (nSPS) is 10.4. The second-order valence-corrected chi connectivity index (χ2v) is 4.18. The number of hydrogen-bond donors (Lipinski definition) is 0. The average Bonchev–Trinajstić information content (AvgIpc) is 2.78. The molecule has 0 aliphatic carbocycles. The van der Waals surface area contributed by atoms with Crippen LogP contribution >= 0.6 is 15.9 Å². The lowest BCUT2D eigenvalue weighted by molar-refractivity contribution is -0.384. The number of benzene rings is 1. The van der Waals surface area contributed by atoms with E-state index in [0.717, 1.165) is 5.33 Å². The lowest BCUT2D eigenvalue weighted by atomic mass is 10.1. The van der Waals surface area contributed by atoms with Crippen LogP contribution in [0.15, 0.2) is 34.9 Å². The van der Waals surface area contributed by atoms with Crippen molar-refractivity contribution in [2.24, 2.45) is 0 Å². The summed E-state index contributed by atoms with van der Waals surface area (Å²) in [6.07, 6.45) is 0.702. The van der Waals surface area contributed by atoms with E-state index in [1.807, 2.05) is 0 Å². The maximum Gasteiger partial charge on any atom is 0.278 e. The largest absolute Gasteiger partial charge is 0.361 e. The number of aromatic nitrogens is 1. The minimum Gasteiger partial charge on any atom is -0.361 e. The molecule has 0 saturated heterocycles. The lowest BCUT2D eigenvalue weighted by Gasteiger charge is -1.96. The molecular weight excluding hydrogens is 288 g/mol. The lowest BCUT2D eigenvalue weighted by Crippen LogP contribution is -1.91. The number of halogens is 1. The topological polar surface area (TPSA) is 69.2 Å². The summed E-state index contributed by atoms with van der Waals surface area (Å²) in [5.74, 6) is 0.704. The van der Waals surface area contributed by atoms with Crippen LogP contribution in [0.5, 0.6) is 0 Å². The Balaban J connectivity index is 2.41. The molecule has 1 heterocycles. The summed E-state index contributed by atoms with van der Waals surface area (Å²) >= 11 is 3.29. The molecule has 0 unspecified atom stereocenters. The summed E-state index contributed by atoms with van der Waals surface area (Å²) in [5, 5.41) is 15.5. The molecule has 0 aliphatic heterocycles. The van der Waals surface area contributed by atoms with Crippen molar-refractivity contribution < 1.29 is 9.45 Å². The Hall–Kier alpha value is -1.69. The van der Waals surface area contributed by atoms with Crippen molar-refractivity contribution >= 4 is 21.6 Å². The van der Waals surface area contributed by atoms with E-state index >= 15 is 0 Å². The zero-order valence-electron chi connectivity index (χ0n) is 8.80. The van der Waals surface area contributed by atoms with Crippen molar-refractivity contribution in [3.63, 3.8) is 0 Å². The zero-order chi connectivity index (χ0) is 12.3. The van der Waals surface area contributed by atoms with Crippen molar-refractivity contribution in [2.45, 2.75) is 6.42 Å². The average molecular weight is 297 g/mol. The minimum atomic E-state index is -0.422. The van der Waals surface area contributed by atoms with Crippen LogP contribution in [0, 0.1) is 10.1 Å². The van der Waals surface area contributed by atoms with Crippen LogP contribution in [0.2, 0.25) is 0 Å².